The summed E-state index contributed by atoms with van der Waals surface area (Å²) in [6.45, 7) is 9.09. The summed E-state index contributed by atoms with van der Waals surface area (Å²) < 4.78 is 5.44. The highest BCUT2D eigenvalue weighted by atomic mass is 16.2. The maximum Gasteiger partial charge on any atom is 0.329 e. The molecule has 7 heteroatoms. The minimum absolute atomic E-state index is 0.0894. The van der Waals surface area contributed by atoms with Crippen LogP contribution in [0.5, 0.6) is 0 Å². The highest BCUT2D eigenvalue weighted by Crippen LogP contribution is 2.28. The van der Waals surface area contributed by atoms with Gasteiger partial charge in [0.1, 0.15) is 0 Å². The van der Waals surface area contributed by atoms with Gasteiger partial charge in [-0.15, -0.1) is 0 Å². The van der Waals surface area contributed by atoms with Crippen LogP contribution in [0, 0.1) is 0 Å². The number of nitrogens with zero attached hydrogens (tertiary/aromatic N) is 4. The lowest BCUT2D eigenvalue weighted by molar-refractivity contribution is -0.116. The van der Waals surface area contributed by atoms with Crippen LogP contribution in [0.3, 0.4) is 0 Å². The molecule has 0 radical (unpaired) electrons. The lowest BCUT2D eigenvalue weighted by Crippen LogP contribution is -2.28. The molecule has 1 amide bonds. The lowest BCUT2D eigenvalue weighted by atomic mass is 10.1. The van der Waals surface area contributed by atoms with E-state index in [-0.39, 0.29) is 23.6 Å². The SMILES string of the molecule is CCn1c(=O)n(CCC(=O)Nc2nc3ccccc3n2C(C)(C)C)c2ccccc21. The van der Waals surface area contributed by atoms with E-state index in [4.69, 9.17) is 0 Å². The van der Waals surface area contributed by atoms with E-state index >= 15 is 0 Å². The van der Waals surface area contributed by atoms with Crippen LogP contribution in [0.25, 0.3) is 22.1 Å². The zero-order valence-electron chi connectivity index (χ0n) is 17.8. The van der Waals surface area contributed by atoms with Gasteiger partial charge in [-0.3, -0.25) is 19.2 Å². The fraction of sp³-hybridized carbons (Fsp3) is 0.348. The molecule has 0 unspecified atom stereocenters. The molecule has 156 valence electrons. The Morgan fingerprint density at radius 2 is 1.57 bits per heavy atom. The molecule has 0 fully saturated rings. The van der Waals surface area contributed by atoms with Crippen molar-refractivity contribution < 1.29 is 4.79 Å². The largest absolute Gasteiger partial charge is 0.329 e. The molecule has 1 N–H and O–H groups in total. The second-order valence-corrected chi connectivity index (χ2v) is 8.40. The second kappa shape index (κ2) is 7.48. The molecule has 2 aromatic carbocycles. The Hall–Kier alpha value is -3.35. The van der Waals surface area contributed by atoms with Gasteiger partial charge in [0, 0.05) is 25.0 Å². The molecule has 4 rings (SSSR count). The van der Waals surface area contributed by atoms with Gasteiger partial charge in [0.15, 0.2) is 0 Å². The standard InChI is InChI=1S/C23H27N5O2/c1-5-26-18-12-8-9-13-19(18)27(22(26)30)15-14-20(29)25-21-24-16-10-6-7-11-17(16)28(21)23(2,3)4/h6-13H,5,14-15H2,1-4H3,(H,24,25,29). The minimum atomic E-state index is -0.246. The van der Waals surface area contributed by atoms with Crippen molar-refractivity contribution in [1.82, 2.24) is 18.7 Å². The van der Waals surface area contributed by atoms with E-state index in [9.17, 15) is 9.59 Å². The average Bonchev–Trinajstić information content (AvgIpc) is 3.20. The number of hydrogen-bond donors (Lipinski definition) is 1. The molecule has 0 spiro atoms. The summed E-state index contributed by atoms with van der Waals surface area (Å²) in [5.74, 6) is 0.355. The highest BCUT2D eigenvalue weighted by Gasteiger charge is 2.22. The van der Waals surface area contributed by atoms with Crippen LogP contribution in [0.2, 0.25) is 0 Å². The van der Waals surface area contributed by atoms with Crippen molar-refractivity contribution >= 4 is 33.9 Å². The Labute approximate surface area is 174 Å². The van der Waals surface area contributed by atoms with E-state index in [1.807, 2.05) is 60.0 Å². The molecule has 7 nitrogen and oxygen atoms in total. The monoisotopic (exact) mass is 405 g/mol. The number of anilines is 1. The van der Waals surface area contributed by atoms with Gasteiger partial charge in [0.25, 0.3) is 0 Å². The Morgan fingerprint density at radius 1 is 0.967 bits per heavy atom. The van der Waals surface area contributed by atoms with Crippen molar-refractivity contribution in [2.45, 2.75) is 52.7 Å². The first-order chi connectivity index (χ1) is 14.3. The number of benzene rings is 2. The van der Waals surface area contributed by atoms with Crippen molar-refractivity contribution in [1.29, 1.82) is 0 Å². The van der Waals surface area contributed by atoms with Gasteiger partial charge in [-0.25, -0.2) is 9.78 Å². The van der Waals surface area contributed by atoms with Gasteiger partial charge >= 0.3 is 5.69 Å². The summed E-state index contributed by atoms with van der Waals surface area (Å²) in [7, 11) is 0. The lowest BCUT2D eigenvalue weighted by Gasteiger charge is -2.24. The Balaban J connectivity index is 1.60. The van der Waals surface area contributed by atoms with Crippen LogP contribution in [0.4, 0.5) is 5.95 Å². The third-order valence-corrected chi connectivity index (χ3v) is 5.29. The normalized spacial score (nSPS) is 12.0. The summed E-state index contributed by atoms with van der Waals surface area (Å²) in [6, 6.07) is 15.5. The number of rotatable bonds is 5. The molecule has 0 atom stereocenters. The first kappa shape index (κ1) is 19.9. The van der Waals surface area contributed by atoms with Crippen LogP contribution >= 0.6 is 0 Å². The fourth-order valence-electron chi connectivity index (χ4n) is 3.98. The topological polar surface area (TPSA) is 73.8 Å². The number of amides is 1. The molecule has 0 saturated heterocycles. The number of nitrogens with one attached hydrogen (secondary N) is 1. The van der Waals surface area contributed by atoms with Crippen molar-refractivity contribution in [3.63, 3.8) is 0 Å². The van der Waals surface area contributed by atoms with Crippen LogP contribution in [-0.4, -0.2) is 24.6 Å². The Bertz CT molecular complexity index is 1290. The molecule has 0 saturated carbocycles. The number of imidazole rings is 2. The first-order valence-corrected chi connectivity index (χ1v) is 10.3. The van der Waals surface area contributed by atoms with Gasteiger partial charge in [-0.05, 0) is 52.0 Å². The van der Waals surface area contributed by atoms with Crippen molar-refractivity contribution in [3.8, 4) is 0 Å². The summed E-state index contributed by atoms with van der Waals surface area (Å²) in [6.07, 6.45) is 0.185. The maximum atomic E-state index is 12.8. The molecule has 0 aliphatic carbocycles. The molecule has 0 aliphatic heterocycles. The van der Waals surface area contributed by atoms with Crippen LogP contribution < -0.4 is 11.0 Å². The third kappa shape index (κ3) is 3.40. The molecule has 4 aromatic rings. The first-order valence-electron chi connectivity index (χ1n) is 10.3. The Morgan fingerprint density at radius 3 is 2.20 bits per heavy atom. The summed E-state index contributed by atoms with van der Waals surface area (Å²) >= 11 is 0. The molecule has 30 heavy (non-hydrogen) atoms. The minimum Gasteiger partial charge on any atom is -0.305 e. The number of aryl methyl sites for hydroxylation is 2. The molecule has 2 heterocycles. The van der Waals surface area contributed by atoms with Crippen LogP contribution in [-0.2, 0) is 23.4 Å². The number of fused-ring (bicyclic) bond motifs is 2. The quantitative estimate of drug-likeness (QED) is 0.546. The van der Waals surface area contributed by atoms with Crippen molar-refractivity contribution in [2.75, 3.05) is 5.32 Å². The van der Waals surface area contributed by atoms with E-state index in [1.165, 1.54) is 0 Å². The average molecular weight is 406 g/mol. The zero-order chi connectivity index (χ0) is 21.5. The second-order valence-electron chi connectivity index (χ2n) is 8.40. The summed E-state index contributed by atoms with van der Waals surface area (Å²) in [5, 5.41) is 2.96. The van der Waals surface area contributed by atoms with Gasteiger partial charge < -0.3 is 4.57 Å². The number of hydrogen-bond acceptors (Lipinski definition) is 3. The molecular weight excluding hydrogens is 378 g/mol. The van der Waals surface area contributed by atoms with E-state index in [0.29, 0.717) is 19.0 Å². The number of para-hydroxylation sites is 4. The van der Waals surface area contributed by atoms with Crippen LogP contribution in [0.1, 0.15) is 34.1 Å². The zero-order valence-corrected chi connectivity index (χ0v) is 17.8. The Kier molecular flexibility index (Phi) is 4.97. The van der Waals surface area contributed by atoms with Crippen molar-refractivity contribution in [3.05, 3.63) is 59.0 Å². The third-order valence-electron chi connectivity index (χ3n) is 5.29. The molecule has 2 aromatic heterocycles. The number of carbonyl (C=O) groups is 1. The molecule has 0 aliphatic rings. The summed E-state index contributed by atoms with van der Waals surface area (Å²) in [5.41, 5.74) is 3.21. The fourth-order valence-corrected chi connectivity index (χ4v) is 3.98. The van der Waals surface area contributed by atoms with Gasteiger partial charge in [-0.1, -0.05) is 24.3 Å². The van der Waals surface area contributed by atoms with Crippen molar-refractivity contribution in [2.24, 2.45) is 0 Å². The summed E-state index contributed by atoms with van der Waals surface area (Å²) in [4.78, 5) is 30.2. The predicted octanol–water partition coefficient (Wildman–Crippen LogP) is 3.96. The van der Waals surface area contributed by atoms with Gasteiger partial charge in [-0.2, -0.15) is 0 Å². The number of aromatic nitrogens is 4. The maximum absolute atomic E-state index is 12.8. The van der Waals surface area contributed by atoms with E-state index in [1.54, 1.807) is 9.13 Å². The highest BCUT2D eigenvalue weighted by molar-refractivity contribution is 5.91. The molecular formula is C23H27N5O2. The number of carbonyl (C=O) groups excluding carboxylic acids is 1. The van der Waals surface area contributed by atoms with E-state index in [0.717, 1.165) is 22.1 Å². The van der Waals surface area contributed by atoms with E-state index < -0.39 is 0 Å². The van der Waals surface area contributed by atoms with Gasteiger partial charge in [0.2, 0.25) is 11.9 Å². The smallest absolute Gasteiger partial charge is 0.305 e. The molecule has 0 bridgehead atoms. The van der Waals surface area contributed by atoms with E-state index in [2.05, 4.69) is 31.1 Å². The predicted molar refractivity (Wildman–Crippen MR) is 120 cm³/mol. The van der Waals surface area contributed by atoms with Crippen LogP contribution in [0.15, 0.2) is 53.3 Å². The van der Waals surface area contributed by atoms with Gasteiger partial charge in [0.05, 0.1) is 22.1 Å².